The number of halogens is 1. The Morgan fingerprint density at radius 2 is 1.63 bits per heavy atom. The van der Waals surface area contributed by atoms with Gasteiger partial charge in [0.05, 0.1) is 0 Å². The Morgan fingerprint density at radius 3 is 2.11 bits per heavy atom. The Kier molecular flexibility index (Phi) is 5.54. The zero-order valence-corrected chi connectivity index (χ0v) is 13.0. The van der Waals surface area contributed by atoms with Gasteiger partial charge in [-0.15, -0.1) is 0 Å². The molecule has 1 N–H and O–H groups in total. The predicted molar refractivity (Wildman–Crippen MR) is 80.9 cm³/mol. The van der Waals surface area contributed by atoms with E-state index in [1.165, 1.54) is 0 Å². The van der Waals surface area contributed by atoms with E-state index in [0.717, 1.165) is 31.4 Å². The molecule has 0 spiro atoms. The first-order valence-corrected chi connectivity index (χ1v) is 7.30. The van der Waals surface area contributed by atoms with Crippen molar-refractivity contribution in [3.8, 4) is 0 Å². The fourth-order valence-corrected chi connectivity index (χ4v) is 2.31. The van der Waals surface area contributed by atoms with E-state index in [1.54, 1.807) is 12.1 Å². The summed E-state index contributed by atoms with van der Waals surface area (Å²) in [7, 11) is 0. The summed E-state index contributed by atoms with van der Waals surface area (Å²) in [6, 6.07) is 7.15. The highest BCUT2D eigenvalue weighted by atomic mass is 19.1. The molecule has 0 heterocycles. The summed E-state index contributed by atoms with van der Waals surface area (Å²) < 4.78 is 13.8. The second-order valence-electron chi connectivity index (χ2n) is 6.58. The average molecular weight is 265 g/mol. The summed E-state index contributed by atoms with van der Waals surface area (Å²) in [5, 5.41) is 3.58. The highest BCUT2D eigenvalue weighted by Crippen LogP contribution is 2.31. The molecule has 1 rings (SSSR count). The second-order valence-corrected chi connectivity index (χ2v) is 6.58. The molecule has 1 aromatic rings. The van der Waals surface area contributed by atoms with Crippen LogP contribution >= 0.6 is 0 Å². The number of nitrogens with one attached hydrogen (secondary N) is 1. The Balaban J connectivity index is 2.85. The van der Waals surface area contributed by atoms with Crippen LogP contribution in [0, 0.1) is 11.2 Å². The molecular formula is C17H28FN. The first kappa shape index (κ1) is 16.2. The molecule has 0 aliphatic heterocycles. The molecule has 0 unspecified atom stereocenters. The maximum absolute atomic E-state index is 13.8. The van der Waals surface area contributed by atoms with E-state index < -0.39 is 0 Å². The molecule has 0 saturated heterocycles. The monoisotopic (exact) mass is 265 g/mol. The maximum Gasteiger partial charge on any atom is 0.126 e. The van der Waals surface area contributed by atoms with Crippen LogP contribution in [0.25, 0.3) is 0 Å². The molecule has 0 saturated carbocycles. The van der Waals surface area contributed by atoms with Gasteiger partial charge in [0, 0.05) is 12.1 Å². The third kappa shape index (κ3) is 4.94. The first-order chi connectivity index (χ1) is 8.82. The molecule has 0 aromatic heterocycles. The number of hydrogen-bond acceptors (Lipinski definition) is 1. The third-order valence-electron chi connectivity index (χ3n) is 4.02. The minimum absolute atomic E-state index is 0.0791. The Hall–Kier alpha value is -0.890. The first-order valence-electron chi connectivity index (χ1n) is 7.30. The van der Waals surface area contributed by atoms with E-state index in [0.29, 0.717) is 0 Å². The predicted octanol–water partition coefficient (Wildman–Crippen LogP) is 4.56. The van der Waals surface area contributed by atoms with Crippen molar-refractivity contribution >= 4 is 0 Å². The van der Waals surface area contributed by atoms with E-state index in [1.807, 2.05) is 12.1 Å². The molecular weight excluding hydrogens is 237 g/mol. The molecule has 108 valence electrons. The quantitative estimate of drug-likeness (QED) is 0.795. The Bertz CT molecular complexity index is 388. The van der Waals surface area contributed by atoms with Crippen LogP contribution < -0.4 is 5.32 Å². The van der Waals surface area contributed by atoms with Gasteiger partial charge in [0.2, 0.25) is 0 Å². The van der Waals surface area contributed by atoms with Gasteiger partial charge in [-0.05, 0) is 57.1 Å². The summed E-state index contributed by atoms with van der Waals surface area (Å²) in [5.41, 5.74) is 1.07. The highest BCUT2D eigenvalue weighted by molar-refractivity contribution is 5.19. The van der Waals surface area contributed by atoms with Crippen molar-refractivity contribution in [2.24, 2.45) is 5.41 Å². The van der Waals surface area contributed by atoms with E-state index in [2.05, 4.69) is 39.9 Å². The minimum atomic E-state index is -0.0791. The minimum Gasteiger partial charge on any atom is -0.312 e. The van der Waals surface area contributed by atoms with Gasteiger partial charge in [-0.3, -0.25) is 0 Å². The van der Waals surface area contributed by atoms with Crippen LogP contribution in [-0.2, 0) is 6.42 Å². The van der Waals surface area contributed by atoms with Crippen LogP contribution in [0.2, 0.25) is 0 Å². The number of rotatable bonds is 6. The van der Waals surface area contributed by atoms with Crippen molar-refractivity contribution in [1.82, 2.24) is 5.32 Å². The highest BCUT2D eigenvalue weighted by Gasteiger charge is 2.28. The van der Waals surface area contributed by atoms with Crippen molar-refractivity contribution < 1.29 is 4.39 Å². The summed E-state index contributed by atoms with van der Waals surface area (Å²) in [6.45, 7) is 11.9. The van der Waals surface area contributed by atoms with Crippen LogP contribution in [0.5, 0.6) is 0 Å². The zero-order valence-electron chi connectivity index (χ0n) is 13.0. The summed E-state index contributed by atoms with van der Waals surface area (Å²) in [6.07, 6.45) is 2.91. The Labute approximate surface area is 117 Å². The normalized spacial score (nSPS) is 12.7. The summed E-state index contributed by atoms with van der Waals surface area (Å²) in [5.74, 6) is -0.0791. The third-order valence-corrected chi connectivity index (χ3v) is 4.02. The Morgan fingerprint density at radius 1 is 1.05 bits per heavy atom. The smallest absolute Gasteiger partial charge is 0.126 e. The number of hydrogen-bond donors (Lipinski definition) is 1. The summed E-state index contributed by atoms with van der Waals surface area (Å²) in [4.78, 5) is 0. The maximum atomic E-state index is 13.8. The molecule has 19 heavy (non-hydrogen) atoms. The van der Waals surface area contributed by atoms with Crippen molar-refractivity contribution in [2.75, 3.05) is 6.54 Å². The van der Waals surface area contributed by atoms with E-state index in [9.17, 15) is 4.39 Å². The molecule has 0 atom stereocenters. The van der Waals surface area contributed by atoms with Gasteiger partial charge < -0.3 is 5.32 Å². The fraction of sp³-hybridized carbons (Fsp3) is 0.647. The molecule has 0 radical (unpaired) electrons. The van der Waals surface area contributed by atoms with Crippen LogP contribution in [0.15, 0.2) is 24.3 Å². The largest absolute Gasteiger partial charge is 0.312 e. The SMILES string of the molecule is CCC(CC)(CNC(C)(C)C)Cc1ccccc1F. The molecule has 0 fully saturated rings. The lowest BCUT2D eigenvalue weighted by molar-refractivity contribution is 0.218. The lowest BCUT2D eigenvalue weighted by Crippen LogP contribution is -2.44. The van der Waals surface area contributed by atoms with Crippen molar-refractivity contribution in [3.05, 3.63) is 35.6 Å². The second kappa shape index (κ2) is 6.51. The van der Waals surface area contributed by atoms with Crippen LogP contribution in [0.1, 0.15) is 53.0 Å². The zero-order chi connectivity index (χ0) is 14.5. The van der Waals surface area contributed by atoms with Gasteiger partial charge >= 0.3 is 0 Å². The molecule has 0 bridgehead atoms. The van der Waals surface area contributed by atoms with Crippen molar-refractivity contribution in [2.45, 2.75) is 59.4 Å². The van der Waals surface area contributed by atoms with E-state index in [4.69, 9.17) is 0 Å². The van der Waals surface area contributed by atoms with Crippen LogP contribution in [0.3, 0.4) is 0 Å². The lowest BCUT2D eigenvalue weighted by Gasteiger charge is -2.35. The van der Waals surface area contributed by atoms with Gasteiger partial charge in [0.25, 0.3) is 0 Å². The van der Waals surface area contributed by atoms with E-state index in [-0.39, 0.29) is 16.8 Å². The molecule has 0 aliphatic carbocycles. The van der Waals surface area contributed by atoms with Crippen LogP contribution in [-0.4, -0.2) is 12.1 Å². The van der Waals surface area contributed by atoms with Gasteiger partial charge in [-0.25, -0.2) is 4.39 Å². The lowest BCUT2D eigenvalue weighted by atomic mass is 9.76. The van der Waals surface area contributed by atoms with Crippen molar-refractivity contribution in [3.63, 3.8) is 0 Å². The van der Waals surface area contributed by atoms with Gasteiger partial charge in [0.15, 0.2) is 0 Å². The molecule has 1 nitrogen and oxygen atoms in total. The van der Waals surface area contributed by atoms with Crippen LogP contribution in [0.4, 0.5) is 4.39 Å². The molecule has 0 aliphatic rings. The standard InChI is InChI=1S/C17H28FN/c1-6-17(7-2,13-19-16(3,4)5)12-14-10-8-9-11-15(14)18/h8-11,19H,6-7,12-13H2,1-5H3. The molecule has 0 amide bonds. The molecule has 2 heteroatoms. The van der Waals surface area contributed by atoms with Crippen molar-refractivity contribution in [1.29, 1.82) is 0 Å². The molecule has 1 aromatic carbocycles. The van der Waals surface area contributed by atoms with Gasteiger partial charge in [0.1, 0.15) is 5.82 Å². The van der Waals surface area contributed by atoms with E-state index >= 15 is 0 Å². The van der Waals surface area contributed by atoms with Gasteiger partial charge in [-0.1, -0.05) is 32.0 Å². The number of benzene rings is 1. The topological polar surface area (TPSA) is 12.0 Å². The average Bonchev–Trinajstić information content (AvgIpc) is 2.36. The summed E-state index contributed by atoms with van der Waals surface area (Å²) >= 11 is 0. The van der Waals surface area contributed by atoms with Gasteiger partial charge in [-0.2, -0.15) is 0 Å². The fourth-order valence-electron chi connectivity index (χ4n) is 2.31.